The van der Waals surface area contributed by atoms with Crippen LogP contribution in [-0.2, 0) is 23.1 Å². The highest BCUT2D eigenvalue weighted by molar-refractivity contribution is 7.89. The number of rotatable bonds is 6. The zero-order valence-corrected chi connectivity index (χ0v) is 13.2. The van der Waals surface area contributed by atoms with E-state index in [0.717, 1.165) is 5.56 Å². The van der Waals surface area contributed by atoms with Crippen molar-refractivity contribution >= 4 is 10.0 Å². The highest BCUT2D eigenvalue weighted by Crippen LogP contribution is 2.14. The summed E-state index contributed by atoms with van der Waals surface area (Å²) in [5, 5.41) is 11.8. The standard InChI is InChI=1S/C15H17N3O3S/c1-18(2)22(19,20)15-7-3-12(4-8-15)10-17-11-14-6-5-13(9-16)21-14/h3-8,17H,10-11H2,1-2H3. The molecule has 1 heterocycles. The van der Waals surface area contributed by atoms with Gasteiger partial charge in [0.05, 0.1) is 11.4 Å². The van der Waals surface area contributed by atoms with E-state index in [2.05, 4.69) is 5.32 Å². The Morgan fingerprint density at radius 3 is 2.36 bits per heavy atom. The summed E-state index contributed by atoms with van der Waals surface area (Å²) in [5.74, 6) is 0.971. The highest BCUT2D eigenvalue weighted by atomic mass is 32.2. The average Bonchev–Trinajstić information content (AvgIpc) is 2.95. The van der Waals surface area contributed by atoms with Gasteiger partial charge in [0.2, 0.25) is 15.8 Å². The maximum absolute atomic E-state index is 11.9. The first-order valence-electron chi connectivity index (χ1n) is 6.64. The number of hydrogen-bond acceptors (Lipinski definition) is 5. The van der Waals surface area contributed by atoms with Crippen molar-refractivity contribution in [3.05, 3.63) is 53.5 Å². The van der Waals surface area contributed by atoms with Crippen LogP contribution in [0, 0.1) is 11.3 Å². The Hall–Kier alpha value is -2.14. The summed E-state index contributed by atoms with van der Waals surface area (Å²) in [6, 6.07) is 12.0. The topological polar surface area (TPSA) is 86.3 Å². The predicted octanol–water partition coefficient (Wildman–Crippen LogP) is 1.69. The molecule has 0 aliphatic rings. The molecule has 116 valence electrons. The molecule has 1 N–H and O–H groups in total. The number of sulfonamides is 1. The lowest BCUT2D eigenvalue weighted by molar-refractivity contribution is 0.474. The van der Waals surface area contributed by atoms with Gasteiger partial charge in [-0.3, -0.25) is 0 Å². The lowest BCUT2D eigenvalue weighted by Gasteiger charge is -2.11. The molecule has 0 aliphatic heterocycles. The fourth-order valence-electron chi connectivity index (χ4n) is 1.85. The van der Waals surface area contributed by atoms with Gasteiger partial charge in [-0.25, -0.2) is 12.7 Å². The average molecular weight is 319 g/mol. The Morgan fingerprint density at radius 1 is 1.14 bits per heavy atom. The van der Waals surface area contributed by atoms with E-state index in [1.54, 1.807) is 36.4 Å². The summed E-state index contributed by atoms with van der Waals surface area (Å²) in [6.45, 7) is 1.07. The second-order valence-electron chi connectivity index (χ2n) is 4.91. The van der Waals surface area contributed by atoms with Gasteiger partial charge >= 0.3 is 0 Å². The normalized spacial score (nSPS) is 11.5. The van der Waals surface area contributed by atoms with Crippen LogP contribution in [0.4, 0.5) is 0 Å². The molecule has 0 saturated carbocycles. The van der Waals surface area contributed by atoms with Crippen LogP contribution in [-0.4, -0.2) is 26.8 Å². The molecule has 0 amide bonds. The van der Waals surface area contributed by atoms with Crippen LogP contribution in [0.15, 0.2) is 45.7 Å². The Labute approximate surface area is 130 Å². The zero-order chi connectivity index (χ0) is 16.2. The third kappa shape index (κ3) is 3.74. The summed E-state index contributed by atoms with van der Waals surface area (Å²) in [7, 11) is -0.383. The van der Waals surface area contributed by atoms with E-state index in [4.69, 9.17) is 9.68 Å². The molecule has 2 aromatic rings. The van der Waals surface area contributed by atoms with E-state index in [0.29, 0.717) is 18.8 Å². The Kier molecular flexibility index (Phi) is 4.98. The van der Waals surface area contributed by atoms with Crippen LogP contribution in [0.3, 0.4) is 0 Å². The van der Waals surface area contributed by atoms with Crippen LogP contribution in [0.1, 0.15) is 17.1 Å². The molecule has 6 nitrogen and oxygen atoms in total. The molecule has 0 unspecified atom stereocenters. The Balaban J connectivity index is 1.93. The largest absolute Gasteiger partial charge is 0.449 e. The van der Waals surface area contributed by atoms with Gasteiger partial charge in [0, 0.05) is 20.6 Å². The van der Waals surface area contributed by atoms with Crippen molar-refractivity contribution in [3.63, 3.8) is 0 Å². The lowest BCUT2D eigenvalue weighted by Crippen LogP contribution is -2.22. The SMILES string of the molecule is CN(C)S(=O)(=O)c1ccc(CNCc2ccc(C#N)o2)cc1. The van der Waals surface area contributed by atoms with Gasteiger partial charge in [0.15, 0.2) is 0 Å². The molecule has 0 fully saturated rings. The maximum atomic E-state index is 11.9. The van der Waals surface area contributed by atoms with Crippen molar-refractivity contribution < 1.29 is 12.8 Å². The highest BCUT2D eigenvalue weighted by Gasteiger charge is 2.16. The first-order chi connectivity index (χ1) is 10.4. The van der Waals surface area contributed by atoms with Crippen LogP contribution in [0.5, 0.6) is 0 Å². The minimum Gasteiger partial charge on any atom is -0.449 e. The van der Waals surface area contributed by atoms with Gasteiger partial charge < -0.3 is 9.73 Å². The number of nitrogens with zero attached hydrogens (tertiary/aromatic N) is 2. The van der Waals surface area contributed by atoms with E-state index in [-0.39, 0.29) is 10.7 Å². The smallest absolute Gasteiger partial charge is 0.242 e. The fraction of sp³-hybridized carbons (Fsp3) is 0.267. The van der Waals surface area contributed by atoms with E-state index < -0.39 is 10.0 Å². The van der Waals surface area contributed by atoms with E-state index in [1.165, 1.54) is 18.4 Å². The lowest BCUT2D eigenvalue weighted by atomic mass is 10.2. The summed E-state index contributed by atoms with van der Waals surface area (Å²) < 4.78 is 30.3. The zero-order valence-electron chi connectivity index (χ0n) is 12.4. The second-order valence-corrected chi connectivity index (χ2v) is 7.06. The predicted molar refractivity (Wildman–Crippen MR) is 81.3 cm³/mol. The quantitative estimate of drug-likeness (QED) is 0.875. The van der Waals surface area contributed by atoms with Gasteiger partial charge in [0.1, 0.15) is 11.8 Å². The summed E-state index contributed by atoms with van der Waals surface area (Å²) >= 11 is 0. The van der Waals surface area contributed by atoms with Crippen molar-refractivity contribution in [2.45, 2.75) is 18.0 Å². The van der Waals surface area contributed by atoms with E-state index in [1.807, 2.05) is 6.07 Å². The number of nitrogens with one attached hydrogen (secondary N) is 1. The minimum absolute atomic E-state index is 0.269. The maximum Gasteiger partial charge on any atom is 0.242 e. The number of nitriles is 1. The van der Waals surface area contributed by atoms with E-state index in [9.17, 15) is 8.42 Å². The number of hydrogen-bond donors (Lipinski definition) is 1. The molecule has 0 bridgehead atoms. The third-order valence-electron chi connectivity index (χ3n) is 3.10. The molecule has 1 aromatic carbocycles. The summed E-state index contributed by atoms with van der Waals surface area (Å²) in [4.78, 5) is 0.269. The van der Waals surface area contributed by atoms with Gasteiger partial charge in [-0.1, -0.05) is 12.1 Å². The van der Waals surface area contributed by atoms with Gasteiger partial charge in [-0.15, -0.1) is 0 Å². The van der Waals surface area contributed by atoms with Gasteiger partial charge in [-0.05, 0) is 29.8 Å². The molecule has 2 rings (SSSR count). The molecule has 0 aliphatic carbocycles. The van der Waals surface area contributed by atoms with E-state index >= 15 is 0 Å². The van der Waals surface area contributed by atoms with Crippen molar-refractivity contribution in [1.82, 2.24) is 9.62 Å². The van der Waals surface area contributed by atoms with Crippen LogP contribution < -0.4 is 5.32 Å². The fourth-order valence-corrected chi connectivity index (χ4v) is 2.75. The van der Waals surface area contributed by atoms with Crippen LogP contribution in [0.25, 0.3) is 0 Å². The number of furan rings is 1. The first kappa shape index (κ1) is 16.2. The van der Waals surface area contributed by atoms with Crippen molar-refractivity contribution in [2.75, 3.05) is 14.1 Å². The molecule has 0 atom stereocenters. The van der Waals surface area contributed by atoms with Crippen molar-refractivity contribution in [2.24, 2.45) is 0 Å². The monoisotopic (exact) mass is 319 g/mol. The molecule has 0 radical (unpaired) electrons. The first-order valence-corrected chi connectivity index (χ1v) is 8.08. The molecule has 7 heteroatoms. The van der Waals surface area contributed by atoms with Crippen LogP contribution >= 0.6 is 0 Å². The Morgan fingerprint density at radius 2 is 1.82 bits per heavy atom. The van der Waals surface area contributed by atoms with Crippen molar-refractivity contribution in [3.8, 4) is 6.07 Å². The third-order valence-corrected chi connectivity index (χ3v) is 4.93. The van der Waals surface area contributed by atoms with Gasteiger partial charge in [-0.2, -0.15) is 5.26 Å². The summed E-state index contributed by atoms with van der Waals surface area (Å²) in [5.41, 5.74) is 0.963. The van der Waals surface area contributed by atoms with Crippen molar-refractivity contribution in [1.29, 1.82) is 5.26 Å². The van der Waals surface area contributed by atoms with Crippen LogP contribution in [0.2, 0.25) is 0 Å². The number of benzene rings is 1. The molecular formula is C15H17N3O3S. The molecule has 0 spiro atoms. The second kappa shape index (κ2) is 6.75. The minimum atomic E-state index is -3.39. The molecular weight excluding hydrogens is 302 g/mol. The summed E-state index contributed by atoms with van der Waals surface area (Å²) in [6.07, 6.45) is 0. The molecule has 1 aromatic heterocycles. The molecule has 22 heavy (non-hydrogen) atoms. The Bertz CT molecular complexity index is 771. The molecule has 0 saturated heterocycles. The van der Waals surface area contributed by atoms with Gasteiger partial charge in [0.25, 0.3) is 0 Å².